The molecule has 1 amide bonds. The summed E-state index contributed by atoms with van der Waals surface area (Å²) in [4.78, 5) is 52.2. The smallest absolute Gasteiger partial charge is 0.412 e. The maximum Gasteiger partial charge on any atom is 0.412 e. The van der Waals surface area contributed by atoms with E-state index in [0.29, 0.717) is 5.56 Å². The van der Waals surface area contributed by atoms with Crippen molar-refractivity contribution >= 4 is 29.5 Å². The molecule has 1 heterocycles. The first-order valence-corrected chi connectivity index (χ1v) is 10.2. The lowest BCUT2D eigenvalue weighted by Gasteiger charge is -2.20. The van der Waals surface area contributed by atoms with Crippen molar-refractivity contribution in [3.63, 3.8) is 0 Å². The molecule has 0 radical (unpaired) electrons. The van der Waals surface area contributed by atoms with E-state index in [4.69, 9.17) is 9.47 Å². The van der Waals surface area contributed by atoms with Crippen LogP contribution in [0.2, 0.25) is 0 Å². The molecule has 0 atom stereocenters. The van der Waals surface area contributed by atoms with Crippen LogP contribution in [-0.2, 0) is 20.9 Å². The fourth-order valence-corrected chi connectivity index (χ4v) is 2.85. The summed E-state index contributed by atoms with van der Waals surface area (Å²) >= 11 is 0. The number of hydrogen-bond acceptors (Lipinski definition) is 8. The van der Waals surface area contributed by atoms with Crippen molar-refractivity contribution in [2.24, 2.45) is 0 Å². The van der Waals surface area contributed by atoms with Crippen molar-refractivity contribution in [1.82, 2.24) is 9.55 Å². The van der Waals surface area contributed by atoms with Gasteiger partial charge in [0.2, 0.25) is 0 Å². The van der Waals surface area contributed by atoms with Crippen LogP contribution in [0.15, 0.2) is 29.2 Å². The maximum absolute atomic E-state index is 12.9. The third-order valence-corrected chi connectivity index (χ3v) is 3.88. The SMILES string of the molecule is CC(=O)Oc1cc(NC(=O)OC(C)(C)C)cc(-c2cnc(NC(C)C)c(=O)n2CC(=O)O)c1. The third kappa shape index (κ3) is 7.63. The van der Waals surface area contributed by atoms with Crippen molar-refractivity contribution in [1.29, 1.82) is 0 Å². The van der Waals surface area contributed by atoms with Crippen LogP contribution in [0.1, 0.15) is 41.5 Å². The fourth-order valence-electron chi connectivity index (χ4n) is 2.85. The summed E-state index contributed by atoms with van der Waals surface area (Å²) in [6, 6.07) is 4.22. The number of anilines is 2. The number of benzene rings is 1. The predicted octanol–water partition coefficient (Wildman–Crippen LogP) is 3.09. The molecule has 0 fully saturated rings. The minimum Gasteiger partial charge on any atom is -0.480 e. The van der Waals surface area contributed by atoms with E-state index in [2.05, 4.69) is 15.6 Å². The quantitative estimate of drug-likeness (QED) is 0.418. The Bertz CT molecular complexity index is 1120. The van der Waals surface area contributed by atoms with E-state index < -0.39 is 35.7 Å². The number of esters is 1. The van der Waals surface area contributed by atoms with E-state index in [1.54, 1.807) is 20.8 Å². The Balaban J connectivity index is 2.62. The molecule has 0 saturated heterocycles. The van der Waals surface area contributed by atoms with E-state index in [1.807, 2.05) is 13.8 Å². The Morgan fingerprint density at radius 3 is 2.39 bits per heavy atom. The van der Waals surface area contributed by atoms with Crippen LogP contribution >= 0.6 is 0 Å². The molecule has 2 aromatic rings. The highest BCUT2D eigenvalue weighted by Gasteiger charge is 2.19. The summed E-state index contributed by atoms with van der Waals surface area (Å²) in [6.07, 6.45) is 0.588. The number of nitrogens with one attached hydrogen (secondary N) is 2. The zero-order chi connectivity index (χ0) is 24.9. The molecule has 178 valence electrons. The molecule has 33 heavy (non-hydrogen) atoms. The summed E-state index contributed by atoms with van der Waals surface area (Å²) < 4.78 is 11.4. The van der Waals surface area contributed by atoms with Gasteiger partial charge in [-0.3, -0.25) is 24.3 Å². The molecule has 11 nitrogen and oxygen atoms in total. The van der Waals surface area contributed by atoms with Gasteiger partial charge in [-0.15, -0.1) is 0 Å². The van der Waals surface area contributed by atoms with Gasteiger partial charge < -0.3 is 19.9 Å². The van der Waals surface area contributed by atoms with Gasteiger partial charge in [0.1, 0.15) is 17.9 Å². The van der Waals surface area contributed by atoms with Crippen LogP contribution < -0.4 is 20.9 Å². The number of aromatic nitrogens is 2. The lowest BCUT2D eigenvalue weighted by molar-refractivity contribution is -0.137. The van der Waals surface area contributed by atoms with Gasteiger partial charge in [-0.05, 0) is 46.8 Å². The lowest BCUT2D eigenvalue weighted by atomic mass is 10.1. The summed E-state index contributed by atoms with van der Waals surface area (Å²) in [5, 5.41) is 14.8. The van der Waals surface area contributed by atoms with Crippen molar-refractivity contribution in [3.05, 3.63) is 34.7 Å². The van der Waals surface area contributed by atoms with E-state index in [-0.39, 0.29) is 29.0 Å². The molecule has 1 aromatic heterocycles. The number of carbonyl (C=O) groups excluding carboxylic acids is 2. The number of nitrogens with zero attached hydrogens (tertiary/aromatic N) is 2. The Labute approximate surface area is 190 Å². The molecule has 0 aliphatic carbocycles. The van der Waals surface area contributed by atoms with Crippen molar-refractivity contribution in [2.75, 3.05) is 10.6 Å². The Hall–Kier alpha value is -3.89. The van der Waals surface area contributed by atoms with Crippen LogP contribution in [0.3, 0.4) is 0 Å². The average Bonchev–Trinajstić information content (AvgIpc) is 2.62. The Kier molecular flexibility index (Phi) is 7.81. The molecule has 0 spiro atoms. The average molecular weight is 460 g/mol. The van der Waals surface area contributed by atoms with Crippen molar-refractivity contribution in [2.45, 2.75) is 59.7 Å². The Morgan fingerprint density at radius 1 is 1.18 bits per heavy atom. The van der Waals surface area contributed by atoms with Crippen molar-refractivity contribution in [3.8, 4) is 17.0 Å². The van der Waals surface area contributed by atoms with Gasteiger partial charge in [0.25, 0.3) is 5.56 Å². The van der Waals surface area contributed by atoms with Crippen LogP contribution in [-0.4, -0.2) is 44.3 Å². The van der Waals surface area contributed by atoms with Crippen LogP contribution in [0.25, 0.3) is 11.3 Å². The van der Waals surface area contributed by atoms with Gasteiger partial charge in [0, 0.05) is 30.3 Å². The van der Waals surface area contributed by atoms with E-state index >= 15 is 0 Å². The normalized spacial score (nSPS) is 11.1. The number of aliphatic carboxylic acids is 1. The topological polar surface area (TPSA) is 149 Å². The van der Waals surface area contributed by atoms with E-state index in [1.165, 1.54) is 31.3 Å². The Morgan fingerprint density at radius 2 is 1.85 bits per heavy atom. The monoisotopic (exact) mass is 460 g/mol. The molecular weight excluding hydrogens is 432 g/mol. The first kappa shape index (κ1) is 25.4. The second kappa shape index (κ2) is 10.2. The van der Waals surface area contributed by atoms with Crippen LogP contribution in [0, 0.1) is 0 Å². The summed E-state index contributed by atoms with van der Waals surface area (Å²) in [6.45, 7) is 9.32. The van der Waals surface area contributed by atoms with Gasteiger partial charge in [-0.1, -0.05) is 0 Å². The number of carbonyl (C=O) groups is 3. The first-order valence-electron chi connectivity index (χ1n) is 10.2. The van der Waals surface area contributed by atoms with Gasteiger partial charge in [-0.2, -0.15) is 0 Å². The highest BCUT2D eigenvalue weighted by Crippen LogP contribution is 2.29. The minimum atomic E-state index is -1.23. The molecule has 11 heteroatoms. The van der Waals surface area contributed by atoms with Crippen LogP contribution in [0.5, 0.6) is 5.75 Å². The van der Waals surface area contributed by atoms with Gasteiger partial charge in [0.15, 0.2) is 5.82 Å². The summed E-state index contributed by atoms with van der Waals surface area (Å²) in [5.41, 5.74) is -0.731. The standard InChI is InChI=1S/C22H28N4O7/c1-12(2)24-19-20(30)26(11-18(28)29)17(10-23-19)14-7-15(9-16(8-14)32-13(3)27)25-21(31)33-22(4,5)6/h7-10,12H,11H2,1-6H3,(H,23,24)(H,25,31)(H,28,29). The number of rotatable bonds is 7. The maximum atomic E-state index is 12.9. The largest absolute Gasteiger partial charge is 0.480 e. The molecule has 2 rings (SSSR count). The highest BCUT2D eigenvalue weighted by atomic mass is 16.6. The van der Waals surface area contributed by atoms with Crippen LogP contribution in [0.4, 0.5) is 16.3 Å². The summed E-state index contributed by atoms with van der Waals surface area (Å²) in [7, 11) is 0. The first-order chi connectivity index (χ1) is 15.2. The second-order valence-corrected chi connectivity index (χ2v) is 8.54. The third-order valence-electron chi connectivity index (χ3n) is 3.88. The van der Waals surface area contributed by atoms with E-state index in [0.717, 1.165) is 4.57 Å². The molecule has 0 aliphatic heterocycles. The molecule has 1 aromatic carbocycles. The summed E-state index contributed by atoms with van der Waals surface area (Å²) in [5.74, 6) is -1.76. The number of hydrogen-bond donors (Lipinski definition) is 3. The van der Waals surface area contributed by atoms with Gasteiger partial charge in [-0.25, -0.2) is 9.78 Å². The number of carboxylic acid groups (broad SMARTS) is 1. The van der Waals surface area contributed by atoms with Gasteiger partial charge in [0.05, 0.1) is 11.9 Å². The molecule has 0 bridgehead atoms. The van der Waals surface area contributed by atoms with E-state index in [9.17, 15) is 24.3 Å². The fraction of sp³-hybridized carbons (Fsp3) is 0.409. The minimum absolute atomic E-state index is 0.00163. The highest BCUT2D eigenvalue weighted by molar-refractivity contribution is 5.87. The molecule has 0 unspecified atom stereocenters. The molecular formula is C22H28N4O7. The molecule has 0 saturated carbocycles. The zero-order valence-corrected chi connectivity index (χ0v) is 19.4. The second-order valence-electron chi connectivity index (χ2n) is 8.54. The number of ether oxygens (including phenoxy) is 2. The van der Waals surface area contributed by atoms with Gasteiger partial charge >= 0.3 is 18.0 Å². The molecule has 0 aliphatic rings. The number of carboxylic acids is 1. The molecule has 3 N–H and O–H groups in total. The number of amides is 1. The predicted molar refractivity (Wildman–Crippen MR) is 121 cm³/mol. The zero-order valence-electron chi connectivity index (χ0n) is 19.4. The lowest BCUT2D eigenvalue weighted by Crippen LogP contribution is -2.30. The van der Waals surface area contributed by atoms with Crippen molar-refractivity contribution < 1.29 is 29.0 Å².